The molecule has 57 heavy (non-hydrogen) atoms. The average Bonchev–Trinajstić information content (AvgIpc) is 3.60. The van der Waals surface area contributed by atoms with Crippen LogP contribution in [0.25, 0.3) is 11.0 Å². The van der Waals surface area contributed by atoms with E-state index in [4.69, 9.17) is 24.9 Å². The Balaban J connectivity index is 1.39. The van der Waals surface area contributed by atoms with Gasteiger partial charge in [-0.3, -0.25) is 29.1 Å². The summed E-state index contributed by atoms with van der Waals surface area (Å²) < 4.78 is 18.2. The summed E-state index contributed by atoms with van der Waals surface area (Å²) in [5.41, 5.74) is 10.6. The lowest BCUT2D eigenvalue weighted by Crippen LogP contribution is -2.42. The molecule has 304 valence electrons. The molecule has 13 nitrogen and oxygen atoms in total. The number of aliphatic imine (C=N–C) groups is 1. The number of carbonyl (C=O) groups is 4. The molecule has 1 amide bonds. The van der Waals surface area contributed by atoms with Crippen molar-refractivity contribution in [3.63, 3.8) is 0 Å². The first-order valence-corrected chi connectivity index (χ1v) is 20.2. The van der Waals surface area contributed by atoms with Crippen LogP contribution in [-0.4, -0.2) is 90.1 Å². The summed E-state index contributed by atoms with van der Waals surface area (Å²) in [6, 6.07) is 22.2. The van der Waals surface area contributed by atoms with Gasteiger partial charge in [-0.25, -0.2) is 4.98 Å². The monoisotopic (exact) mass is 780 g/mol. The number of hydrogen-bond acceptors (Lipinski definition) is 10. The maximum atomic E-state index is 14.1. The van der Waals surface area contributed by atoms with Crippen molar-refractivity contribution in [2.45, 2.75) is 84.7 Å². The van der Waals surface area contributed by atoms with Crippen LogP contribution in [0.5, 0.6) is 0 Å². The molecule has 1 unspecified atom stereocenters. The fraction of sp³-hybridized carbons (Fsp3) is 0.455. The minimum absolute atomic E-state index is 0.0578. The van der Waals surface area contributed by atoms with Crippen molar-refractivity contribution >= 4 is 46.4 Å². The third-order valence-electron chi connectivity index (χ3n) is 9.94. The van der Waals surface area contributed by atoms with E-state index in [1.54, 1.807) is 24.0 Å². The zero-order valence-electron chi connectivity index (χ0n) is 33.5. The van der Waals surface area contributed by atoms with Gasteiger partial charge in [0.15, 0.2) is 0 Å². The van der Waals surface area contributed by atoms with Crippen LogP contribution < -0.4 is 10.6 Å². The van der Waals surface area contributed by atoms with Crippen molar-refractivity contribution in [2.24, 2.45) is 10.7 Å². The fourth-order valence-electron chi connectivity index (χ4n) is 6.89. The van der Waals surface area contributed by atoms with Crippen molar-refractivity contribution in [1.82, 2.24) is 14.5 Å². The largest absolute Gasteiger partial charge is 0.466 e. The molecule has 5 rings (SSSR count). The third kappa shape index (κ3) is 12.0. The van der Waals surface area contributed by atoms with Crippen molar-refractivity contribution < 1.29 is 33.4 Å². The van der Waals surface area contributed by atoms with Gasteiger partial charge in [-0.1, -0.05) is 82.0 Å². The molecule has 0 saturated carbocycles. The number of fused-ring (bicyclic) bond motifs is 3. The lowest BCUT2D eigenvalue weighted by Gasteiger charge is -2.35. The topological polar surface area (TPSA) is 159 Å². The predicted octanol–water partition coefficient (Wildman–Crippen LogP) is 6.41. The minimum atomic E-state index is -0.408. The zero-order valence-corrected chi connectivity index (χ0v) is 33.5. The number of unbranched alkanes of at least 4 members (excludes halogenated alkanes) is 4. The Morgan fingerprint density at radius 3 is 2.18 bits per heavy atom. The summed E-state index contributed by atoms with van der Waals surface area (Å²) in [6.07, 6.45) is 6.33. The standard InChI is InChI=1S/C44H56N6O7/c1-4-7-12-26-56-40(52)30-46-42(45)33-18-16-32(17-19-33)28-38-43-47-36-29-34(44(54)49(23-22-39(51)55-6-3)35-14-10-9-11-15-35)20-21-37(36)50(43)25-24-48(38)31-41(53)57-27-13-8-5-2/h9-11,14-21,29,38H,4-8,12-13,22-28,30-31H2,1-3H3,(H2,45,46). The molecule has 2 N–H and O–H groups in total. The van der Waals surface area contributed by atoms with Crippen LogP contribution in [0.4, 0.5) is 5.69 Å². The van der Waals surface area contributed by atoms with Crippen LogP contribution in [0.15, 0.2) is 77.8 Å². The van der Waals surface area contributed by atoms with Crippen molar-refractivity contribution in [2.75, 3.05) is 50.9 Å². The Morgan fingerprint density at radius 2 is 1.49 bits per heavy atom. The van der Waals surface area contributed by atoms with E-state index < -0.39 is 5.97 Å². The summed E-state index contributed by atoms with van der Waals surface area (Å²) in [4.78, 5) is 64.6. The number of esters is 3. The number of para-hydroxylation sites is 1. The van der Waals surface area contributed by atoms with Gasteiger partial charge in [-0.15, -0.1) is 0 Å². The zero-order chi connectivity index (χ0) is 40.6. The summed E-state index contributed by atoms with van der Waals surface area (Å²) in [5, 5.41) is 0. The smallest absolute Gasteiger partial charge is 0.327 e. The van der Waals surface area contributed by atoms with Crippen molar-refractivity contribution in [3.05, 3.63) is 95.3 Å². The molecule has 0 fully saturated rings. The molecule has 1 aliphatic heterocycles. The first kappa shape index (κ1) is 42.6. The van der Waals surface area contributed by atoms with E-state index in [9.17, 15) is 19.2 Å². The summed E-state index contributed by atoms with van der Waals surface area (Å²) in [7, 11) is 0. The summed E-state index contributed by atoms with van der Waals surface area (Å²) >= 11 is 0. The number of amidine groups is 1. The van der Waals surface area contributed by atoms with Crippen LogP contribution in [0.1, 0.15) is 99.1 Å². The number of anilines is 1. The minimum Gasteiger partial charge on any atom is -0.466 e. The number of benzene rings is 3. The molecular formula is C44H56N6O7. The third-order valence-corrected chi connectivity index (χ3v) is 9.94. The molecule has 2 heterocycles. The Morgan fingerprint density at radius 1 is 0.807 bits per heavy atom. The van der Waals surface area contributed by atoms with Crippen molar-refractivity contribution in [3.8, 4) is 0 Å². The second-order valence-corrected chi connectivity index (χ2v) is 14.1. The highest BCUT2D eigenvalue weighted by Gasteiger charge is 2.33. The maximum absolute atomic E-state index is 14.1. The van der Waals surface area contributed by atoms with Gasteiger partial charge in [0.2, 0.25) is 0 Å². The van der Waals surface area contributed by atoms with Gasteiger partial charge in [0.1, 0.15) is 18.2 Å². The number of rotatable bonds is 21. The van der Waals surface area contributed by atoms with E-state index in [1.165, 1.54) is 0 Å². The Kier molecular flexibility index (Phi) is 16.2. The van der Waals surface area contributed by atoms with Gasteiger partial charge < -0.3 is 29.4 Å². The number of amides is 1. The molecule has 1 atom stereocenters. The van der Waals surface area contributed by atoms with Gasteiger partial charge in [0.05, 0.1) is 49.9 Å². The van der Waals surface area contributed by atoms with Crippen LogP contribution in [0.2, 0.25) is 0 Å². The predicted molar refractivity (Wildman–Crippen MR) is 220 cm³/mol. The number of nitrogens with two attached hydrogens (primary N) is 1. The van der Waals surface area contributed by atoms with Crippen LogP contribution in [0, 0.1) is 0 Å². The van der Waals surface area contributed by atoms with Crippen LogP contribution >= 0.6 is 0 Å². The molecule has 0 saturated heterocycles. The van der Waals surface area contributed by atoms with E-state index >= 15 is 0 Å². The van der Waals surface area contributed by atoms with Crippen LogP contribution in [-0.2, 0) is 41.6 Å². The number of nitrogens with zero attached hydrogens (tertiary/aromatic N) is 5. The Labute approximate surface area is 335 Å². The lowest BCUT2D eigenvalue weighted by atomic mass is 10.0. The van der Waals surface area contributed by atoms with Gasteiger partial charge in [-0.2, -0.15) is 0 Å². The average molecular weight is 781 g/mol. The summed E-state index contributed by atoms with van der Waals surface area (Å²) in [5.74, 6) is -0.283. The van der Waals surface area contributed by atoms with E-state index in [-0.39, 0.29) is 62.4 Å². The molecule has 4 aromatic rings. The number of carbonyl (C=O) groups excluding carboxylic acids is 4. The number of aromatic nitrogens is 2. The Bertz CT molecular complexity index is 1980. The molecule has 0 radical (unpaired) electrons. The molecule has 0 aliphatic carbocycles. The van der Waals surface area contributed by atoms with E-state index in [0.29, 0.717) is 55.1 Å². The summed E-state index contributed by atoms with van der Waals surface area (Å²) in [6.45, 7) is 8.31. The van der Waals surface area contributed by atoms with Gasteiger partial charge in [-0.05, 0) is 62.1 Å². The number of ether oxygens (including phenoxy) is 3. The molecule has 1 aliphatic rings. The number of hydrogen-bond donors (Lipinski definition) is 1. The van der Waals surface area contributed by atoms with Gasteiger partial charge in [0, 0.05) is 36.4 Å². The normalized spacial score (nSPS) is 14.2. The molecule has 13 heteroatoms. The second-order valence-electron chi connectivity index (χ2n) is 14.1. The van der Waals surface area contributed by atoms with E-state index in [2.05, 4.69) is 28.3 Å². The lowest BCUT2D eigenvalue weighted by molar-refractivity contribution is -0.146. The fourth-order valence-corrected chi connectivity index (χ4v) is 6.89. The highest BCUT2D eigenvalue weighted by Crippen LogP contribution is 2.33. The van der Waals surface area contributed by atoms with Crippen LogP contribution in [0.3, 0.4) is 0 Å². The molecule has 0 spiro atoms. The highest BCUT2D eigenvalue weighted by molar-refractivity contribution is 6.08. The first-order chi connectivity index (χ1) is 27.7. The molecular weight excluding hydrogens is 725 g/mol. The molecule has 3 aromatic carbocycles. The van der Waals surface area contributed by atoms with Gasteiger partial charge >= 0.3 is 17.9 Å². The highest BCUT2D eigenvalue weighted by atomic mass is 16.5. The van der Waals surface area contributed by atoms with Crippen molar-refractivity contribution in [1.29, 1.82) is 0 Å². The quantitative estimate of drug-likeness (QED) is 0.0330. The molecule has 1 aromatic heterocycles. The van der Waals surface area contributed by atoms with E-state index in [0.717, 1.165) is 55.4 Å². The second kappa shape index (κ2) is 21.7. The van der Waals surface area contributed by atoms with Gasteiger partial charge in [0.25, 0.3) is 5.91 Å². The SMILES string of the molecule is CCCCCOC(=O)CN=C(N)c1ccc(CC2c3nc4cc(C(=O)N(CCC(=O)OCC)c5ccccc5)ccc4n3CCN2CC(=O)OCCCCC)cc1. The molecule has 0 bridgehead atoms. The first-order valence-electron chi connectivity index (χ1n) is 20.2. The number of imidazole rings is 1. The van der Waals surface area contributed by atoms with E-state index in [1.807, 2.05) is 60.7 Å². The Hall–Kier alpha value is -5.56. The maximum Gasteiger partial charge on any atom is 0.327 e.